The third-order valence-electron chi connectivity index (χ3n) is 2.87. The van der Waals surface area contributed by atoms with E-state index >= 15 is 0 Å². The second-order valence-corrected chi connectivity index (χ2v) is 6.13. The highest BCUT2D eigenvalue weighted by Crippen LogP contribution is 2.42. The van der Waals surface area contributed by atoms with Crippen LogP contribution in [0.3, 0.4) is 0 Å². The number of hydrogen-bond donors (Lipinski definition) is 1. The van der Waals surface area contributed by atoms with E-state index in [-0.39, 0.29) is 0 Å². The summed E-state index contributed by atoms with van der Waals surface area (Å²) >= 11 is 5.04. The van der Waals surface area contributed by atoms with Gasteiger partial charge in [-0.25, -0.2) is 4.98 Å². The highest BCUT2D eigenvalue weighted by Gasteiger charge is 2.19. The number of aromatic nitrogens is 1. The Labute approximate surface area is 123 Å². The molecule has 1 aromatic heterocycles. The van der Waals surface area contributed by atoms with Crippen molar-refractivity contribution in [3.05, 3.63) is 21.6 Å². The van der Waals surface area contributed by atoms with Crippen molar-refractivity contribution in [2.45, 2.75) is 13.3 Å². The molecule has 1 aliphatic rings. The average Bonchev–Trinajstić information content (AvgIpc) is 2.80. The molecule has 0 radical (unpaired) electrons. The van der Waals surface area contributed by atoms with Crippen molar-refractivity contribution in [2.75, 3.05) is 18.9 Å². The zero-order valence-corrected chi connectivity index (χ0v) is 12.8. The molecule has 0 spiro atoms. The van der Waals surface area contributed by atoms with E-state index in [0.29, 0.717) is 13.2 Å². The van der Waals surface area contributed by atoms with Gasteiger partial charge in [-0.05, 0) is 34.5 Å². The fraction of sp³-hybridized carbons (Fsp3) is 0.308. The molecule has 0 amide bonds. The van der Waals surface area contributed by atoms with E-state index in [1.807, 2.05) is 12.1 Å². The number of ether oxygens (including phenoxy) is 2. The van der Waals surface area contributed by atoms with Gasteiger partial charge in [0.05, 0.1) is 9.48 Å². The lowest BCUT2D eigenvalue weighted by molar-refractivity contribution is 0.170. The van der Waals surface area contributed by atoms with E-state index in [2.05, 4.69) is 27.8 Å². The quantitative estimate of drug-likeness (QED) is 0.909. The number of hydrogen-bond acceptors (Lipinski definition) is 5. The van der Waals surface area contributed by atoms with E-state index in [1.165, 1.54) is 11.3 Å². The summed E-state index contributed by atoms with van der Waals surface area (Å²) in [7, 11) is 0. The van der Waals surface area contributed by atoms with Crippen molar-refractivity contribution >= 4 is 32.3 Å². The van der Waals surface area contributed by atoms with Crippen molar-refractivity contribution in [1.29, 1.82) is 0 Å². The van der Waals surface area contributed by atoms with Crippen LogP contribution in [-0.4, -0.2) is 18.2 Å². The largest absolute Gasteiger partial charge is 0.486 e. The number of nitrogens with zero attached hydrogens (tertiary/aromatic N) is 1. The maximum atomic E-state index is 6.04. The highest BCUT2D eigenvalue weighted by molar-refractivity contribution is 9.10. The Morgan fingerprint density at radius 3 is 2.89 bits per heavy atom. The maximum Gasteiger partial charge on any atom is 0.175 e. The Morgan fingerprint density at radius 2 is 2.16 bits per heavy atom. The number of thiazole rings is 1. The van der Waals surface area contributed by atoms with Crippen LogP contribution in [0, 0.1) is 0 Å². The molecule has 2 aromatic rings. The number of nitrogens with two attached hydrogens (primary N) is 1. The number of benzene rings is 1. The van der Waals surface area contributed by atoms with Crippen LogP contribution >= 0.6 is 27.3 Å². The third kappa shape index (κ3) is 2.30. The zero-order chi connectivity index (χ0) is 13.4. The van der Waals surface area contributed by atoms with Crippen LogP contribution in [0.5, 0.6) is 11.5 Å². The third-order valence-corrected chi connectivity index (χ3v) is 4.49. The molecular formula is C13H13BrN2O2S. The minimum absolute atomic E-state index is 0.565. The molecule has 3 rings (SSSR count). The summed E-state index contributed by atoms with van der Waals surface area (Å²) in [6.07, 6.45) is 0.889. The molecule has 0 atom stereocenters. The summed E-state index contributed by atoms with van der Waals surface area (Å²) < 4.78 is 12.1. The van der Waals surface area contributed by atoms with E-state index < -0.39 is 0 Å². The van der Waals surface area contributed by atoms with Gasteiger partial charge in [0.1, 0.15) is 23.9 Å². The monoisotopic (exact) mass is 340 g/mol. The number of nitrogen functional groups attached to an aromatic ring is 1. The minimum atomic E-state index is 0.565. The van der Waals surface area contributed by atoms with Gasteiger partial charge < -0.3 is 15.2 Å². The van der Waals surface area contributed by atoms with Gasteiger partial charge in [0.15, 0.2) is 11.5 Å². The minimum Gasteiger partial charge on any atom is -0.486 e. The standard InChI is InChI=1S/C13H13BrN2O2S/c1-2-10-16-11(13(15)19-10)7-5-8(14)12-9(6-7)17-3-4-18-12/h5-6H,2-4,15H2,1H3. The lowest BCUT2D eigenvalue weighted by Crippen LogP contribution is -2.15. The smallest absolute Gasteiger partial charge is 0.175 e. The van der Waals surface area contributed by atoms with E-state index in [9.17, 15) is 0 Å². The van der Waals surface area contributed by atoms with Crippen LogP contribution in [0.2, 0.25) is 0 Å². The molecule has 0 saturated carbocycles. The normalized spacial score (nSPS) is 13.6. The van der Waals surface area contributed by atoms with Gasteiger partial charge >= 0.3 is 0 Å². The fourth-order valence-corrected chi connectivity index (χ4v) is 3.34. The van der Waals surface area contributed by atoms with Gasteiger partial charge in [-0.2, -0.15) is 0 Å². The number of rotatable bonds is 2. The summed E-state index contributed by atoms with van der Waals surface area (Å²) in [6.45, 7) is 3.21. The van der Waals surface area contributed by atoms with Gasteiger partial charge in [0.2, 0.25) is 0 Å². The molecule has 2 heterocycles. The Morgan fingerprint density at radius 1 is 1.37 bits per heavy atom. The zero-order valence-electron chi connectivity index (χ0n) is 10.4. The molecule has 100 valence electrons. The number of fused-ring (bicyclic) bond motifs is 1. The number of aryl methyl sites for hydroxylation is 1. The van der Waals surface area contributed by atoms with Crippen LogP contribution in [0.15, 0.2) is 16.6 Å². The molecule has 0 unspecified atom stereocenters. The molecule has 1 aromatic carbocycles. The first-order valence-corrected chi connectivity index (χ1v) is 7.64. The Balaban J connectivity index is 2.10. The first kappa shape index (κ1) is 12.7. The molecule has 2 N–H and O–H groups in total. The second-order valence-electron chi connectivity index (χ2n) is 4.16. The van der Waals surface area contributed by atoms with Crippen LogP contribution in [0.4, 0.5) is 5.00 Å². The first-order chi connectivity index (χ1) is 9.19. The second kappa shape index (κ2) is 5.02. The summed E-state index contributed by atoms with van der Waals surface area (Å²) in [5.41, 5.74) is 7.81. The van der Waals surface area contributed by atoms with Crippen LogP contribution in [0.25, 0.3) is 11.3 Å². The SMILES string of the molecule is CCc1nc(-c2cc(Br)c3c(c2)OCCO3)c(N)s1. The summed E-state index contributed by atoms with van der Waals surface area (Å²) in [4.78, 5) is 4.56. The van der Waals surface area contributed by atoms with Gasteiger partial charge in [-0.3, -0.25) is 0 Å². The average molecular weight is 341 g/mol. The van der Waals surface area contributed by atoms with Gasteiger partial charge in [0.25, 0.3) is 0 Å². The first-order valence-electron chi connectivity index (χ1n) is 6.03. The number of halogens is 1. The van der Waals surface area contributed by atoms with Crippen molar-refractivity contribution in [1.82, 2.24) is 4.98 Å². The van der Waals surface area contributed by atoms with E-state index in [4.69, 9.17) is 15.2 Å². The fourth-order valence-electron chi connectivity index (χ4n) is 1.98. The van der Waals surface area contributed by atoms with Crippen LogP contribution in [-0.2, 0) is 6.42 Å². The molecule has 4 nitrogen and oxygen atoms in total. The van der Waals surface area contributed by atoms with E-state index in [1.54, 1.807) is 0 Å². The van der Waals surface area contributed by atoms with Crippen LogP contribution < -0.4 is 15.2 Å². The Bertz CT molecular complexity index is 627. The van der Waals surface area contributed by atoms with E-state index in [0.717, 1.165) is 43.7 Å². The van der Waals surface area contributed by atoms with Crippen molar-refractivity contribution in [2.24, 2.45) is 0 Å². The molecule has 6 heteroatoms. The molecule has 0 fully saturated rings. The van der Waals surface area contributed by atoms with Gasteiger partial charge in [-0.15, -0.1) is 11.3 Å². The summed E-state index contributed by atoms with van der Waals surface area (Å²) in [5.74, 6) is 1.49. The van der Waals surface area contributed by atoms with Gasteiger partial charge in [-0.1, -0.05) is 6.92 Å². The molecule has 1 aliphatic heterocycles. The molecule has 0 aliphatic carbocycles. The highest BCUT2D eigenvalue weighted by atomic mass is 79.9. The Kier molecular flexibility index (Phi) is 3.36. The molecular weight excluding hydrogens is 328 g/mol. The predicted octanol–water partition coefficient (Wildman–Crippen LogP) is 3.49. The van der Waals surface area contributed by atoms with Crippen LogP contribution in [0.1, 0.15) is 11.9 Å². The molecule has 0 saturated heterocycles. The topological polar surface area (TPSA) is 57.4 Å². The summed E-state index contributed by atoms with van der Waals surface area (Å²) in [5, 5.41) is 1.78. The van der Waals surface area contributed by atoms with Crippen molar-refractivity contribution in [3.63, 3.8) is 0 Å². The van der Waals surface area contributed by atoms with Crippen molar-refractivity contribution < 1.29 is 9.47 Å². The lowest BCUT2D eigenvalue weighted by Gasteiger charge is -2.20. The van der Waals surface area contributed by atoms with Crippen molar-refractivity contribution in [3.8, 4) is 22.8 Å². The maximum absolute atomic E-state index is 6.04. The van der Waals surface area contributed by atoms with Gasteiger partial charge in [0, 0.05) is 5.56 Å². The number of anilines is 1. The lowest BCUT2D eigenvalue weighted by atomic mass is 10.1. The Hall–Kier alpha value is -1.27. The predicted molar refractivity (Wildman–Crippen MR) is 80.0 cm³/mol. The molecule has 19 heavy (non-hydrogen) atoms. The summed E-state index contributed by atoms with van der Waals surface area (Å²) in [6, 6.07) is 3.91. The molecule has 0 bridgehead atoms.